The molecule has 0 N–H and O–H groups in total. The van der Waals surface area contributed by atoms with Crippen molar-refractivity contribution in [3.8, 4) is 0 Å². The molecule has 2 aromatic carbocycles. The Bertz CT molecular complexity index is 765. The highest BCUT2D eigenvalue weighted by Gasteiger charge is 2.26. The monoisotopic (exact) mass is 307 g/mol. The third-order valence-corrected chi connectivity index (χ3v) is 3.87. The highest BCUT2D eigenvalue weighted by atomic mass is 16.5. The van der Waals surface area contributed by atoms with Crippen molar-refractivity contribution in [2.24, 2.45) is 0 Å². The highest BCUT2D eigenvalue weighted by molar-refractivity contribution is 6.11. The van der Waals surface area contributed by atoms with Crippen LogP contribution >= 0.6 is 0 Å². The van der Waals surface area contributed by atoms with Crippen LogP contribution in [-0.4, -0.2) is 25.5 Å². The van der Waals surface area contributed by atoms with Gasteiger partial charge in [0.25, 0.3) is 5.91 Å². The van der Waals surface area contributed by atoms with Gasteiger partial charge in [0.1, 0.15) is 6.54 Å². The van der Waals surface area contributed by atoms with Gasteiger partial charge in [0, 0.05) is 17.7 Å². The van der Waals surface area contributed by atoms with E-state index in [1.165, 1.54) is 12.0 Å². The molecule has 116 valence electrons. The molecule has 2 aromatic rings. The molecule has 0 saturated carbocycles. The minimum absolute atomic E-state index is 0.104. The Kier molecular flexibility index (Phi) is 4.24. The molecule has 4 nitrogen and oxygen atoms in total. The molecular weight excluding hydrogens is 290 g/mol. The Morgan fingerprint density at radius 3 is 2.43 bits per heavy atom. The lowest BCUT2D eigenvalue weighted by Gasteiger charge is -2.22. The number of rotatable bonds is 4. The Labute approximate surface area is 135 Å². The molecule has 0 spiro atoms. The fourth-order valence-corrected chi connectivity index (χ4v) is 2.67. The van der Waals surface area contributed by atoms with E-state index < -0.39 is 5.97 Å². The van der Waals surface area contributed by atoms with E-state index in [4.69, 9.17) is 4.74 Å². The molecule has 0 aliphatic heterocycles. The number of para-hydroxylation sites is 1. The molecule has 0 bridgehead atoms. The number of ether oxygens (including phenoxy) is 1. The lowest BCUT2D eigenvalue weighted by molar-refractivity contribution is -0.139. The van der Waals surface area contributed by atoms with Crippen LogP contribution in [0.15, 0.2) is 60.2 Å². The number of esters is 1. The first-order valence-corrected chi connectivity index (χ1v) is 7.41. The standard InChI is InChI=1S/C19H17NO3/c1-23-18(21)13-20(17-9-3-2-4-10-17)19(22)16-11-14-7-5-6-8-15(14)12-16/h2-11H,12-13H2,1H3. The molecule has 23 heavy (non-hydrogen) atoms. The van der Waals surface area contributed by atoms with Gasteiger partial charge in [-0.3, -0.25) is 14.5 Å². The van der Waals surface area contributed by atoms with Gasteiger partial charge < -0.3 is 4.74 Å². The predicted molar refractivity (Wildman–Crippen MR) is 88.9 cm³/mol. The zero-order valence-electron chi connectivity index (χ0n) is 12.9. The maximum atomic E-state index is 12.9. The van der Waals surface area contributed by atoms with Gasteiger partial charge in [-0.2, -0.15) is 0 Å². The minimum atomic E-state index is -0.446. The summed E-state index contributed by atoms with van der Waals surface area (Å²) in [6, 6.07) is 17.1. The summed E-state index contributed by atoms with van der Waals surface area (Å²) >= 11 is 0. The van der Waals surface area contributed by atoms with Crippen molar-refractivity contribution in [1.82, 2.24) is 0 Å². The molecule has 0 radical (unpaired) electrons. The van der Waals surface area contributed by atoms with E-state index >= 15 is 0 Å². The summed E-state index contributed by atoms with van der Waals surface area (Å²) in [5.41, 5.74) is 3.54. The molecule has 1 amide bonds. The summed E-state index contributed by atoms with van der Waals surface area (Å²) in [4.78, 5) is 26.1. The van der Waals surface area contributed by atoms with Crippen LogP contribution < -0.4 is 4.90 Å². The Balaban J connectivity index is 1.89. The second kappa shape index (κ2) is 6.48. The first kappa shape index (κ1) is 15.0. The molecule has 0 atom stereocenters. The summed E-state index contributed by atoms with van der Waals surface area (Å²) in [6.07, 6.45) is 2.48. The van der Waals surface area contributed by atoms with Crippen molar-refractivity contribution in [2.75, 3.05) is 18.6 Å². The van der Waals surface area contributed by atoms with Crippen LogP contribution in [0.2, 0.25) is 0 Å². The zero-order chi connectivity index (χ0) is 16.2. The van der Waals surface area contributed by atoms with E-state index in [0.717, 1.165) is 11.1 Å². The number of methoxy groups -OCH3 is 1. The number of fused-ring (bicyclic) bond motifs is 1. The number of amides is 1. The Morgan fingerprint density at radius 1 is 1.04 bits per heavy atom. The van der Waals surface area contributed by atoms with Gasteiger partial charge in [-0.05, 0) is 29.3 Å². The van der Waals surface area contributed by atoms with Crippen LogP contribution in [-0.2, 0) is 20.7 Å². The molecular formula is C19H17NO3. The van der Waals surface area contributed by atoms with Gasteiger partial charge in [0.05, 0.1) is 7.11 Å². The maximum Gasteiger partial charge on any atom is 0.325 e. The lowest BCUT2D eigenvalue weighted by atomic mass is 10.1. The normalized spacial score (nSPS) is 12.3. The van der Waals surface area contributed by atoms with Gasteiger partial charge in [-0.25, -0.2) is 0 Å². The molecule has 3 rings (SSSR count). The van der Waals surface area contributed by atoms with E-state index in [0.29, 0.717) is 17.7 Å². The van der Waals surface area contributed by atoms with Gasteiger partial charge >= 0.3 is 5.97 Å². The summed E-state index contributed by atoms with van der Waals surface area (Å²) < 4.78 is 4.72. The molecule has 0 saturated heterocycles. The van der Waals surface area contributed by atoms with Crippen molar-refractivity contribution < 1.29 is 14.3 Å². The quantitative estimate of drug-likeness (QED) is 0.816. The number of carbonyl (C=O) groups is 2. The molecule has 0 aromatic heterocycles. The molecule has 1 aliphatic rings. The SMILES string of the molecule is COC(=O)CN(C(=O)C1=Cc2ccccc2C1)c1ccccc1. The topological polar surface area (TPSA) is 46.6 Å². The molecule has 0 unspecified atom stereocenters. The number of nitrogens with zero attached hydrogens (tertiary/aromatic N) is 1. The van der Waals surface area contributed by atoms with Crippen molar-refractivity contribution in [3.63, 3.8) is 0 Å². The average molecular weight is 307 g/mol. The Morgan fingerprint density at radius 2 is 1.74 bits per heavy atom. The highest BCUT2D eigenvalue weighted by Crippen LogP contribution is 2.27. The maximum absolute atomic E-state index is 12.9. The minimum Gasteiger partial charge on any atom is -0.468 e. The third kappa shape index (κ3) is 3.16. The number of benzene rings is 2. The lowest BCUT2D eigenvalue weighted by Crippen LogP contribution is -2.37. The summed E-state index contributed by atoms with van der Waals surface area (Å²) in [7, 11) is 1.32. The predicted octanol–water partition coefficient (Wildman–Crippen LogP) is 2.83. The largest absolute Gasteiger partial charge is 0.468 e. The molecule has 4 heteroatoms. The number of carbonyl (C=O) groups excluding carboxylic acids is 2. The fourth-order valence-electron chi connectivity index (χ4n) is 2.67. The zero-order valence-corrected chi connectivity index (χ0v) is 12.9. The van der Waals surface area contributed by atoms with Crippen LogP contribution in [0.1, 0.15) is 11.1 Å². The average Bonchev–Trinajstić information content (AvgIpc) is 3.03. The summed E-state index contributed by atoms with van der Waals surface area (Å²) in [5, 5.41) is 0. The van der Waals surface area contributed by atoms with Crippen LogP contribution in [0.3, 0.4) is 0 Å². The van der Waals surface area contributed by atoms with Crippen molar-refractivity contribution >= 4 is 23.6 Å². The van der Waals surface area contributed by atoms with Gasteiger partial charge in [-0.1, -0.05) is 42.5 Å². The first-order valence-electron chi connectivity index (χ1n) is 7.41. The van der Waals surface area contributed by atoms with Gasteiger partial charge in [0.2, 0.25) is 0 Å². The van der Waals surface area contributed by atoms with Crippen LogP contribution in [0.5, 0.6) is 0 Å². The first-order chi connectivity index (χ1) is 11.2. The van der Waals surface area contributed by atoms with Crippen molar-refractivity contribution in [3.05, 3.63) is 71.3 Å². The molecule has 0 heterocycles. The molecule has 0 fully saturated rings. The third-order valence-electron chi connectivity index (χ3n) is 3.87. The van der Waals surface area contributed by atoms with Crippen molar-refractivity contribution in [2.45, 2.75) is 6.42 Å². The van der Waals surface area contributed by atoms with Crippen LogP contribution in [0.25, 0.3) is 6.08 Å². The smallest absolute Gasteiger partial charge is 0.325 e. The van der Waals surface area contributed by atoms with E-state index in [9.17, 15) is 9.59 Å². The van der Waals surface area contributed by atoms with Gasteiger partial charge in [-0.15, -0.1) is 0 Å². The van der Waals surface area contributed by atoms with E-state index in [1.807, 2.05) is 60.7 Å². The fraction of sp³-hybridized carbons (Fsp3) is 0.158. The molecule has 1 aliphatic carbocycles. The number of anilines is 1. The van der Waals surface area contributed by atoms with Crippen LogP contribution in [0.4, 0.5) is 5.69 Å². The number of hydrogen-bond acceptors (Lipinski definition) is 3. The van der Waals surface area contributed by atoms with E-state index in [-0.39, 0.29) is 12.5 Å². The second-order valence-corrected chi connectivity index (χ2v) is 5.35. The van der Waals surface area contributed by atoms with Crippen LogP contribution in [0, 0.1) is 0 Å². The number of hydrogen-bond donors (Lipinski definition) is 0. The Hall–Kier alpha value is -2.88. The second-order valence-electron chi connectivity index (χ2n) is 5.35. The van der Waals surface area contributed by atoms with Crippen molar-refractivity contribution in [1.29, 1.82) is 0 Å². The summed E-state index contributed by atoms with van der Waals surface area (Å²) in [6.45, 7) is -0.104. The van der Waals surface area contributed by atoms with E-state index in [2.05, 4.69) is 0 Å². The summed E-state index contributed by atoms with van der Waals surface area (Å²) in [5.74, 6) is -0.615. The van der Waals surface area contributed by atoms with E-state index in [1.54, 1.807) is 0 Å². The van der Waals surface area contributed by atoms with Gasteiger partial charge in [0.15, 0.2) is 0 Å².